The summed E-state index contributed by atoms with van der Waals surface area (Å²) in [6.45, 7) is 11.2. The van der Waals surface area contributed by atoms with Gasteiger partial charge in [-0.1, -0.05) is 19.3 Å². The monoisotopic (exact) mass is 567 g/mol. The Morgan fingerprint density at radius 1 is 1.21 bits per heavy atom. The summed E-state index contributed by atoms with van der Waals surface area (Å²) in [4.78, 5) is 17.5. The molecule has 2 aromatic heterocycles. The molecule has 0 bridgehead atoms. The maximum absolute atomic E-state index is 13.9. The number of alkyl carbamates (subject to hydrolysis) is 1. The summed E-state index contributed by atoms with van der Waals surface area (Å²) >= 11 is -1.25. The minimum Gasteiger partial charge on any atom is -0.598 e. The van der Waals surface area contributed by atoms with Gasteiger partial charge in [0.1, 0.15) is 10.3 Å². The van der Waals surface area contributed by atoms with Gasteiger partial charge in [0.15, 0.2) is 5.65 Å². The molecule has 2 heterocycles. The van der Waals surface area contributed by atoms with Crippen molar-refractivity contribution in [2.75, 3.05) is 0 Å². The summed E-state index contributed by atoms with van der Waals surface area (Å²) in [6.07, 6.45) is 7.43. The Bertz CT molecular complexity index is 1130. The average Bonchev–Trinajstić information content (AvgIpc) is 3.20. The first-order chi connectivity index (χ1) is 18.1. The quantitative estimate of drug-likeness (QED) is 0.358. The number of imidazole rings is 1. The molecule has 0 spiro atoms. The smallest absolute Gasteiger partial charge is 0.408 e. The molecule has 2 aromatic rings. The average molecular weight is 568 g/mol. The molecule has 2 aliphatic carbocycles. The van der Waals surface area contributed by atoms with Gasteiger partial charge in [0.25, 0.3) is 0 Å². The van der Waals surface area contributed by atoms with Gasteiger partial charge >= 0.3 is 6.09 Å². The number of fused-ring (bicyclic) bond motifs is 1. The molecule has 11 heteroatoms. The Morgan fingerprint density at radius 3 is 2.44 bits per heavy atom. The van der Waals surface area contributed by atoms with Crippen LogP contribution in [0.5, 0.6) is 0 Å². The van der Waals surface area contributed by atoms with E-state index >= 15 is 0 Å². The van der Waals surface area contributed by atoms with Crippen molar-refractivity contribution in [3.8, 4) is 0 Å². The van der Waals surface area contributed by atoms with Gasteiger partial charge in [-0.3, -0.25) is 0 Å². The summed E-state index contributed by atoms with van der Waals surface area (Å²) < 4.78 is 50.9. The number of rotatable bonds is 8. The van der Waals surface area contributed by atoms with Crippen LogP contribution in [-0.4, -0.2) is 41.5 Å². The number of nitrogens with one attached hydrogen (secondary N) is 2. The van der Waals surface area contributed by atoms with E-state index in [2.05, 4.69) is 15.1 Å². The largest absolute Gasteiger partial charge is 0.598 e. The zero-order valence-corrected chi connectivity index (χ0v) is 24.7. The lowest BCUT2D eigenvalue weighted by atomic mass is 9.80. The van der Waals surface area contributed by atoms with Crippen LogP contribution in [0.1, 0.15) is 116 Å². The Balaban J connectivity index is 1.61. The molecule has 0 aromatic carbocycles. The van der Waals surface area contributed by atoms with Crippen molar-refractivity contribution in [2.45, 2.75) is 121 Å². The predicted molar refractivity (Wildman–Crippen MR) is 148 cm³/mol. The second-order valence-electron chi connectivity index (χ2n) is 13.2. The molecule has 39 heavy (non-hydrogen) atoms. The first-order valence-corrected chi connectivity index (χ1v) is 15.2. The van der Waals surface area contributed by atoms with E-state index in [9.17, 15) is 18.1 Å². The topological polar surface area (TPSA) is 104 Å². The number of alkyl halides is 2. The Labute approximate surface area is 233 Å². The number of hydrogen-bond acceptors (Lipinski definition) is 6. The van der Waals surface area contributed by atoms with E-state index in [-0.39, 0.29) is 37.6 Å². The van der Waals surface area contributed by atoms with E-state index in [0.29, 0.717) is 17.3 Å². The fourth-order valence-electron chi connectivity index (χ4n) is 5.13. The van der Waals surface area contributed by atoms with Crippen molar-refractivity contribution in [3.05, 3.63) is 29.7 Å². The highest BCUT2D eigenvalue weighted by atomic mass is 32.2. The van der Waals surface area contributed by atoms with E-state index in [1.165, 1.54) is 19.3 Å². The number of carbonyl (C=O) groups is 1. The second-order valence-corrected chi connectivity index (χ2v) is 15.2. The normalized spacial score (nSPS) is 21.3. The number of hydrogen-bond donors (Lipinski definition) is 2. The van der Waals surface area contributed by atoms with Crippen LogP contribution in [0.4, 0.5) is 13.6 Å². The molecular weight excluding hydrogens is 524 g/mol. The lowest BCUT2D eigenvalue weighted by Gasteiger charge is -2.33. The van der Waals surface area contributed by atoms with Gasteiger partial charge in [0, 0.05) is 24.2 Å². The summed E-state index contributed by atoms with van der Waals surface area (Å²) in [7, 11) is 0. The third kappa shape index (κ3) is 8.04. The molecule has 0 aliphatic heterocycles. The number of amides is 1. The maximum atomic E-state index is 13.9. The van der Waals surface area contributed by atoms with Crippen molar-refractivity contribution in [2.24, 2.45) is 11.8 Å². The molecule has 8 nitrogen and oxygen atoms in total. The van der Waals surface area contributed by atoms with Crippen molar-refractivity contribution >= 4 is 23.1 Å². The van der Waals surface area contributed by atoms with Gasteiger partial charge in [0.05, 0.1) is 30.2 Å². The van der Waals surface area contributed by atoms with Gasteiger partial charge in [-0.15, -0.1) is 4.72 Å². The summed E-state index contributed by atoms with van der Waals surface area (Å²) in [5, 5.41) is 7.49. The number of aromatic nitrogens is 3. The van der Waals surface area contributed by atoms with Crippen molar-refractivity contribution in [1.29, 1.82) is 0 Å². The van der Waals surface area contributed by atoms with E-state index in [4.69, 9.17) is 9.72 Å². The molecule has 4 rings (SSSR count). The Morgan fingerprint density at radius 2 is 1.87 bits per heavy atom. The molecular formula is C28H43F2N5O3S. The zero-order chi connectivity index (χ0) is 28.6. The minimum absolute atomic E-state index is 0.135. The molecule has 2 unspecified atom stereocenters. The number of halogens is 2. The summed E-state index contributed by atoms with van der Waals surface area (Å²) in [6, 6.07) is 1.22. The van der Waals surface area contributed by atoms with Gasteiger partial charge in [-0.05, 0) is 84.3 Å². The van der Waals surface area contributed by atoms with Gasteiger partial charge in [-0.2, -0.15) is 5.10 Å². The fraction of sp³-hybridized carbons (Fsp3) is 0.750. The molecule has 2 N–H and O–H groups in total. The second kappa shape index (κ2) is 11.5. The molecule has 2 saturated carbocycles. The number of carbonyl (C=O) groups excluding carboxylic acids is 1. The standard InChI is InChI=1S/C28H43F2N5O3S/c1-26(2,3)38-25(36)33-24(19-10-12-28(29,30)13-11-19)22-17-35-23(32-22)15-20(16-31-35)21(14-18-8-7-9-18)34-39(37)27(4,5)6/h15-19,21,24,34H,7-14H2,1-6H3,(H,33,36)/t21?,24-,39?/m0/s1. The van der Waals surface area contributed by atoms with Crippen molar-refractivity contribution < 1.29 is 22.9 Å². The maximum Gasteiger partial charge on any atom is 0.408 e. The highest BCUT2D eigenvalue weighted by Crippen LogP contribution is 2.41. The molecule has 3 atom stereocenters. The summed E-state index contributed by atoms with van der Waals surface area (Å²) in [5.74, 6) is -2.31. The lowest BCUT2D eigenvalue weighted by molar-refractivity contribution is -0.0500. The van der Waals surface area contributed by atoms with Crippen LogP contribution in [0.2, 0.25) is 0 Å². The minimum atomic E-state index is -2.68. The van der Waals surface area contributed by atoms with E-state index in [1.807, 2.05) is 26.8 Å². The molecule has 2 fully saturated rings. The van der Waals surface area contributed by atoms with Gasteiger partial charge < -0.3 is 14.6 Å². The number of ether oxygens (including phenoxy) is 1. The van der Waals surface area contributed by atoms with Crippen LogP contribution in [0.25, 0.3) is 5.65 Å². The Kier molecular flexibility index (Phi) is 8.83. The SMILES string of the molecule is CC(C)(C)OC(=O)N[C@H](c1cn2ncc(C(CC3CCC3)N[S+]([O-])C(C)(C)C)cc2n1)C1CCC(F)(F)CC1. The fourth-order valence-corrected chi connectivity index (χ4v) is 5.98. The summed E-state index contributed by atoms with van der Waals surface area (Å²) in [5.41, 5.74) is 1.35. The Hall–Kier alpha value is -1.98. The lowest BCUT2D eigenvalue weighted by Crippen LogP contribution is -2.42. The van der Waals surface area contributed by atoms with Gasteiger partial charge in [-0.25, -0.2) is 23.1 Å². The van der Waals surface area contributed by atoms with Crippen LogP contribution < -0.4 is 10.0 Å². The van der Waals surface area contributed by atoms with Crippen LogP contribution in [0.3, 0.4) is 0 Å². The zero-order valence-electron chi connectivity index (χ0n) is 23.9. The molecule has 218 valence electrons. The molecule has 2 aliphatic rings. The van der Waals surface area contributed by atoms with E-state index < -0.39 is 39.8 Å². The highest BCUT2D eigenvalue weighted by molar-refractivity contribution is 7.90. The third-order valence-corrected chi connectivity index (χ3v) is 9.20. The number of nitrogens with zero attached hydrogens (tertiary/aromatic N) is 3. The van der Waals surface area contributed by atoms with Crippen LogP contribution in [0.15, 0.2) is 18.5 Å². The molecule has 0 radical (unpaired) electrons. The highest BCUT2D eigenvalue weighted by Gasteiger charge is 2.40. The molecule has 0 saturated heterocycles. The predicted octanol–water partition coefficient (Wildman–Crippen LogP) is 6.40. The van der Waals surface area contributed by atoms with E-state index in [0.717, 1.165) is 12.0 Å². The van der Waals surface area contributed by atoms with Gasteiger partial charge in [0.2, 0.25) is 5.92 Å². The first kappa shape index (κ1) is 30.0. The van der Waals surface area contributed by atoms with Crippen LogP contribution in [-0.2, 0) is 16.1 Å². The van der Waals surface area contributed by atoms with Crippen LogP contribution in [0, 0.1) is 11.8 Å². The third-order valence-electron chi connectivity index (χ3n) is 7.59. The van der Waals surface area contributed by atoms with Crippen LogP contribution >= 0.6 is 0 Å². The molecule has 1 amide bonds. The first-order valence-electron chi connectivity index (χ1n) is 14.0. The van der Waals surface area contributed by atoms with Crippen molar-refractivity contribution in [3.63, 3.8) is 0 Å². The van der Waals surface area contributed by atoms with Crippen molar-refractivity contribution in [1.82, 2.24) is 24.6 Å². The van der Waals surface area contributed by atoms with E-state index in [1.54, 1.807) is 37.7 Å².